The summed E-state index contributed by atoms with van der Waals surface area (Å²) in [5, 5.41) is 28.4. The molecule has 0 aliphatic heterocycles. The summed E-state index contributed by atoms with van der Waals surface area (Å²) in [5.74, 6) is 2.41. The Morgan fingerprint density at radius 1 is 1.22 bits per heavy atom. The number of hydrogen-bond acceptors (Lipinski definition) is 7. The number of nitrogens with one attached hydrogen (secondary N) is 1. The molecule has 2 aromatic heterocycles. The molecule has 1 aromatic carbocycles. The van der Waals surface area contributed by atoms with Crippen molar-refractivity contribution >= 4 is 16.9 Å². The Kier molecular flexibility index (Phi) is 6.62. The zero-order valence-electron chi connectivity index (χ0n) is 19.0. The van der Waals surface area contributed by atoms with Crippen molar-refractivity contribution in [3.63, 3.8) is 0 Å². The Morgan fingerprint density at radius 3 is 2.72 bits per heavy atom. The predicted octanol–water partition coefficient (Wildman–Crippen LogP) is 3.56. The standard InChI is InChI=1S/C24H33N5O3/c1-16(14-30)15-32-21-6-4-5-20-19(21)13-26-29(20)22-11-12-25-23(28-22)27-18-9-7-17(8-10-18)24(2,3)31/h4-6,11-13,16-18,30-31H,7-10,14-15H2,1-3H3,(H,25,27,28)/t16-,17-,18-/m0/s1. The number of ether oxygens (including phenoxy) is 1. The first kappa shape index (κ1) is 22.5. The minimum atomic E-state index is -0.624. The van der Waals surface area contributed by atoms with Crippen LogP contribution < -0.4 is 10.1 Å². The molecule has 32 heavy (non-hydrogen) atoms. The molecule has 1 atom stereocenters. The molecule has 4 rings (SSSR count). The number of fused-ring (bicyclic) bond motifs is 1. The third-order valence-electron chi connectivity index (χ3n) is 6.33. The van der Waals surface area contributed by atoms with Gasteiger partial charge in [-0.2, -0.15) is 10.1 Å². The van der Waals surface area contributed by atoms with Gasteiger partial charge in [-0.1, -0.05) is 13.0 Å². The van der Waals surface area contributed by atoms with Gasteiger partial charge in [-0.15, -0.1) is 0 Å². The Balaban J connectivity index is 1.49. The highest BCUT2D eigenvalue weighted by Crippen LogP contribution is 2.33. The molecule has 172 valence electrons. The lowest BCUT2D eigenvalue weighted by molar-refractivity contribution is -0.000415. The summed E-state index contributed by atoms with van der Waals surface area (Å²) < 4.78 is 7.69. The van der Waals surface area contributed by atoms with E-state index in [0.29, 0.717) is 30.3 Å². The average Bonchev–Trinajstić information content (AvgIpc) is 3.22. The highest BCUT2D eigenvalue weighted by molar-refractivity contribution is 5.86. The molecule has 8 heteroatoms. The highest BCUT2D eigenvalue weighted by atomic mass is 16.5. The summed E-state index contributed by atoms with van der Waals surface area (Å²) in [7, 11) is 0. The van der Waals surface area contributed by atoms with E-state index in [0.717, 1.165) is 42.3 Å². The van der Waals surface area contributed by atoms with Crippen LogP contribution in [0.5, 0.6) is 5.75 Å². The largest absolute Gasteiger partial charge is 0.492 e. The van der Waals surface area contributed by atoms with Crippen molar-refractivity contribution in [3.8, 4) is 11.6 Å². The summed E-state index contributed by atoms with van der Waals surface area (Å²) in [4.78, 5) is 9.11. The molecular weight excluding hydrogens is 406 g/mol. The molecule has 0 spiro atoms. The maximum Gasteiger partial charge on any atom is 0.224 e. The zero-order chi connectivity index (χ0) is 22.7. The number of benzene rings is 1. The van der Waals surface area contributed by atoms with E-state index in [1.165, 1.54) is 0 Å². The average molecular weight is 440 g/mol. The van der Waals surface area contributed by atoms with Crippen LogP contribution in [0.1, 0.15) is 46.5 Å². The Hall–Kier alpha value is -2.71. The van der Waals surface area contributed by atoms with Gasteiger partial charge in [-0.25, -0.2) is 9.67 Å². The van der Waals surface area contributed by atoms with E-state index in [1.54, 1.807) is 17.1 Å². The van der Waals surface area contributed by atoms with Crippen molar-refractivity contribution in [1.29, 1.82) is 0 Å². The molecule has 3 aromatic rings. The molecule has 1 aliphatic carbocycles. The first-order valence-electron chi connectivity index (χ1n) is 11.4. The number of aliphatic hydroxyl groups excluding tert-OH is 1. The lowest BCUT2D eigenvalue weighted by Crippen LogP contribution is -2.37. The molecule has 1 fully saturated rings. The van der Waals surface area contributed by atoms with Crippen molar-refractivity contribution < 1.29 is 14.9 Å². The molecule has 0 amide bonds. The van der Waals surface area contributed by atoms with Crippen molar-refractivity contribution in [2.75, 3.05) is 18.5 Å². The minimum Gasteiger partial charge on any atom is -0.492 e. The van der Waals surface area contributed by atoms with Gasteiger partial charge in [0.1, 0.15) is 5.75 Å². The van der Waals surface area contributed by atoms with E-state index in [1.807, 2.05) is 45.0 Å². The summed E-state index contributed by atoms with van der Waals surface area (Å²) in [5.41, 5.74) is 0.274. The van der Waals surface area contributed by atoms with Gasteiger partial charge in [0.25, 0.3) is 0 Å². The summed E-state index contributed by atoms with van der Waals surface area (Å²) in [6.45, 7) is 6.27. The van der Waals surface area contributed by atoms with E-state index in [-0.39, 0.29) is 12.5 Å². The van der Waals surface area contributed by atoms with Crippen LogP contribution in [0.15, 0.2) is 36.7 Å². The second kappa shape index (κ2) is 9.42. The van der Waals surface area contributed by atoms with Crippen LogP contribution >= 0.6 is 0 Å². The van der Waals surface area contributed by atoms with Crippen molar-refractivity contribution in [2.24, 2.45) is 11.8 Å². The lowest BCUT2D eigenvalue weighted by atomic mass is 9.77. The van der Waals surface area contributed by atoms with E-state index >= 15 is 0 Å². The Morgan fingerprint density at radius 2 is 2.00 bits per heavy atom. The topological polar surface area (TPSA) is 105 Å². The number of aliphatic hydroxyl groups is 2. The monoisotopic (exact) mass is 439 g/mol. The van der Waals surface area contributed by atoms with Gasteiger partial charge in [0.05, 0.1) is 29.3 Å². The molecule has 0 radical (unpaired) electrons. The second-order valence-electron chi connectivity index (χ2n) is 9.43. The van der Waals surface area contributed by atoms with E-state index in [4.69, 9.17) is 9.72 Å². The van der Waals surface area contributed by atoms with Gasteiger partial charge in [0.2, 0.25) is 5.95 Å². The SMILES string of the molecule is C[C@@H](CO)COc1cccc2c1cnn2-c1ccnc(N[C@H]2CC[C@H](C(C)(C)O)CC2)n1. The molecule has 1 saturated carbocycles. The van der Waals surface area contributed by atoms with Crippen molar-refractivity contribution in [2.45, 2.75) is 58.1 Å². The minimum absolute atomic E-state index is 0.0642. The fourth-order valence-electron chi connectivity index (χ4n) is 4.28. The number of rotatable bonds is 8. The number of anilines is 1. The first-order valence-corrected chi connectivity index (χ1v) is 11.4. The zero-order valence-corrected chi connectivity index (χ0v) is 19.0. The number of hydrogen-bond donors (Lipinski definition) is 3. The van der Waals surface area contributed by atoms with Crippen LogP contribution in [0.3, 0.4) is 0 Å². The fraction of sp³-hybridized carbons (Fsp3) is 0.542. The number of nitrogens with zero attached hydrogens (tertiary/aromatic N) is 4. The van der Waals surface area contributed by atoms with E-state index < -0.39 is 5.60 Å². The summed E-state index contributed by atoms with van der Waals surface area (Å²) >= 11 is 0. The first-order chi connectivity index (χ1) is 15.3. The van der Waals surface area contributed by atoms with Crippen LogP contribution in [-0.4, -0.2) is 54.8 Å². The van der Waals surface area contributed by atoms with Crippen molar-refractivity contribution in [3.05, 3.63) is 36.7 Å². The lowest BCUT2D eigenvalue weighted by Gasteiger charge is -2.36. The van der Waals surface area contributed by atoms with E-state index in [9.17, 15) is 10.2 Å². The molecule has 8 nitrogen and oxygen atoms in total. The Bertz CT molecular complexity index is 1040. The molecule has 0 unspecified atom stereocenters. The van der Waals surface area contributed by atoms with Crippen LogP contribution in [0.4, 0.5) is 5.95 Å². The third kappa shape index (κ3) is 5.02. The van der Waals surface area contributed by atoms with Gasteiger partial charge >= 0.3 is 0 Å². The van der Waals surface area contributed by atoms with Crippen LogP contribution in [0.2, 0.25) is 0 Å². The van der Waals surface area contributed by atoms with Gasteiger partial charge in [-0.3, -0.25) is 0 Å². The van der Waals surface area contributed by atoms with Gasteiger partial charge in [-0.05, 0) is 57.6 Å². The molecular formula is C24H33N5O3. The smallest absolute Gasteiger partial charge is 0.224 e. The van der Waals surface area contributed by atoms with Gasteiger partial charge in [0, 0.05) is 30.8 Å². The molecule has 3 N–H and O–H groups in total. The van der Waals surface area contributed by atoms with E-state index in [2.05, 4.69) is 15.4 Å². The molecule has 1 aliphatic rings. The molecule has 2 heterocycles. The van der Waals surface area contributed by atoms with Crippen LogP contribution in [0, 0.1) is 11.8 Å². The summed E-state index contributed by atoms with van der Waals surface area (Å²) in [6.07, 6.45) is 7.47. The fourth-order valence-corrected chi connectivity index (χ4v) is 4.28. The molecule has 0 saturated heterocycles. The Labute approximate surface area is 188 Å². The van der Waals surface area contributed by atoms with Crippen molar-refractivity contribution in [1.82, 2.24) is 19.7 Å². The second-order valence-corrected chi connectivity index (χ2v) is 9.43. The highest BCUT2D eigenvalue weighted by Gasteiger charge is 2.31. The number of aromatic nitrogens is 4. The third-order valence-corrected chi connectivity index (χ3v) is 6.33. The quantitative estimate of drug-likeness (QED) is 0.493. The van der Waals surface area contributed by atoms with Crippen LogP contribution in [0.25, 0.3) is 16.7 Å². The maximum absolute atomic E-state index is 10.3. The summed E-state index contributed by atoms with van der Waals surface area (Å²) in [6, 6.07) is 7.96. The molecule has 0 bridgehead atoms. The van der Waals surface area contributed by atoms with Gasteiger partial charge < -0.3 is 20.3 Å². The van der Waals surface area contributed by atoms with Gasteiger partial charge in [0.15, 0.2) is 5.82 Å². The van der Waals surface area contributed by atoms with Crippen LogP contribution in [-0.2, 0) is 0 Å². The predicted molar refractivity (Wildman–Crippen MR) is 124 cm³/mol. The maximum atomic E-state index is 10.3. The normalized spacial score (nSPS) is 20.3.